The summed E-state index contributed by atoms with van der Waals surface area (Å²) in [5.74, 6) is 0.484. The lowest BCUT2D eigenvalue weighted by atomic mass is 10.2. The molecule has 0 aliphatic rings. The monoisotopic (exact) mass is 250 g/mol. The molecule has 7 heteroatoms. The molecule has 0 spiro atoms. The molecule has 0 aliphatic heterocycles. The molecule has 0 fully saturated rings. The highest BCUT2D eigenvalue weighted by atomic mass is 32.1. The van der Waals surface area contributed by atoms with Crippen LogP contribution in [-0.4, -0.2) is 14.9 Å². The Balaban J connectivity index is 2.11. The maximum atomic E-state index is 10.7. The minimum absolute atomic E-state index is 0.0710. The first kappa shape index (κ1) is 11.5. The minimum Gasteiger partial charge on any atom is -0.363 e. The molecule has 0 radical (unpaired) electrons. The fourth-order valence-corrected chi connectivity index (χ4v) is 1.87. The number of nitro groups is 1. The lowest BCUT2D eigenvalue weighted by Crippen LogP contribution is -2.02. The number of hydrogen-bond acceptors (Lipinski definition) is 6. The molecular weight excluding hydrogens is 240 g/mol. The van der Waals surface area contributed by atoms with Crippen LogP contribution in [0.15, 0.2) is 23.8 Å². The van der Waals surface area contributed by atoms with E-state index in [-0.39, 0.29) is 5.69 Å². The highest BCUT2D eigenvalue weighted by molar-refractivity contribution is 7.09. The summed E-state index contributed by atoms with van der Waals surface area (Å²) < 4.78 is 0. The summed E-state index contributed by atoms with van der Waals surface area (Å²) in [6.07, 6.45) is 3.20. The molecule has 0 aromatic carbocycles. The lowest BCUT2D eigenvalue weighted by molar-refractivity contribution is -0.385. The summed E-state index contributed by atoms with van der Waals surface area (Å²) >= 11 is 1.52. The minimum atomic E-state index is -0.411. The van der Waals surface area contributed by atoms with E-state index >= 15 is 0 Å². The van der Waals surface area contributed by atoms with Gasteiger partial charge in [-0.15, -0.1) is 11.3 Å². The van der Waals surface area contributed by atoms with Crippen molar-refractivity contribution in [3.8, 4) is 0 Å². The largest absolute Gasteiger partial charge is 0.363 e. The van der Waals surface area contributed by atoms with E-state index in [2.05, 4.69) is 15.3 Å². The molecule has 0 aliphatic carbocycles. The van der Waals surface area contributed by atoms with E-state index < -0.39 is 4.92 Å². The van der Waals surface area contributed by atoms with Crippen LogP contribution in [-0.2, 0) is 6.54 Å². The van der Waals surface area contributed by atoms with Crippen molar-refractivity contribution >= 4 is 22.8 Å². The first-order valence-electron chi connectivity index (χ1n) is 4.90. The summed E-state index contributed by atoms with van der Waals surface area (Å²) in [6, 6.07) is 1.43. The zero-order valence-electron chi connectivity index (χ0n) is 9.08. The zero-order valence-corrected chi connectivity index (χ0v) is 9.90. The predicted molar refractivity (Wildman–Crippen MR) is 65.1 cm³/mol. The molecule has 17 heavy (non-hydrogen) atoms. The second-order valence-electron chi connectivity index (χ2n) is 3.39. The van der Waals surface area contributed by atoms with E-state index in [1.807, 2.05) is 5.38 Å². The van der Waals surface area contributed by atoms with Crippen LogP contribution in [0.5, 0.6) is 0 Å². The number of thiazole rings is 1. The number of nitrogens with one attached hydrogen (secondary N) is 1. The Hall–Kier alpha value is -2.02. The summed E-state index contributed by atoms with van der Waals surface area (Å²) in [6.45, 7) is 2.18. The van der Waals surface area contributed by atoms with Crippen molar-refractivity contribution < 1.29 is 4.92 Å². The van der Waals surface area contributed by atoms with E-state index in [4.69, 9.17) is 0 Å². The van der Waals surface area contributed by atoms with Crippen LogP contribution < -0.4 is 5.32 Å². The summed E-state index contributed by atoms with van der Waals surface area (Å²) in [4.78, 5) is 18.5. The normalized spacial score (nSPS) is 10.2. The molecule has 2 aromatic rings. The summed E-state index contributed by atoms with van der Waals surface area (Å²) in [5.41, 5.74) is 0.622. The third kappa shape index (κ3) is 2.76. The Morgan fingerprint density at radius 3 is 3.00 bits per heavy atom. The van der Waals surface area contributed by atoms with E-state index in [0.29, 0.717) is 17.9 Å². The van der Waals surface area contributed by atoms with Crippen molar-refractivity contribution in [3.05, 3.63) is 44.5 Å². The fraction of sp³-hybridized carbons (Fsp3) is 0.200. The van der Waals surface area contributed by atoms with Gasteiger partial charge in [0, 0.05) is 23.3 Å². The predicted octanol–water partition coefficient (Wildman–Crippen LogP) is 2.37. The van der Waals surface area contributed by atoms with Crippen molar-refractivity contribution in [2.75, 3.05) is 5.32 Å². The molecule has 0 unspecified atom stereocenters. The Morgan fingerprint density at radius 2 is 2.35 bits per heavy atom. The summed E-state index contributed by atoms with van der Waals surface area (Å²) in [5, 5.41) is 16.5. The van der Waals surface area contributed by atoms with Gasteiger partial charge in [0.1, 0.15) is 10.8 Å². The number of rotatable bonds is 4. The van der Waals surface area contributed by atoms with Gasteiger partial charge < -0.3 is 5.32 Å². The van der Waals surface area contributed by atoms with Crippen molar-refractivity contribution in [1.82, 2.24) is 9.97 Å². The van der Waals surface area contributed by atoms with Gasteiger partial charge in [-0.25, -0.2) is 9.97 Å². The average molecular weight is 250 g/mol. The number of anilines is 1. The van der Waals surface area contributed by atoms with Crippen LogP contribution in [0.2, 0.25) is 0 Å². The molecule has 2 aromatic heterocycles. The van der Waals surface area contributed by atoms with Gasteiger partial charge in [-0.3, -0.25) is 10.1 Å². The van der Waals surface area contributed by atoms with Gasteiger partial charge in [-0.05, 0) is 6.92 Å². The fourth-order valence-electron chi connectivity index (χ4n) is 1.31. The van der Waals surface area contributed by atoms with E-state index in [1.54, 1.807) is 13.1 Å². The lowest BCUT2D eigenvalue weighted by Gasteiger charge is -2.04. The Bertz CT molecular complexity index is 527. The van der Waals surface area contributed by atoms with E-state index in [9.17, 15) is 10.1 Å². The third-order valence-electron chi connectivity index (χ3n) is 2.18. The number of nitrogens with zero attached hydrogens (tertiary/aromatic N) is 3. The molecule has 0 atom stereocenters. The highest BCUT2D eigenvalue weighted by Gasteiger charge is 2.11. The molecule has 88 valence electrons. The molecule has 1 N–H and O–H groups in total. The van der Waals surface area contributed by atoms with Crippen LogP contribution in [0.1, 0.15) is 10.6 Å². The maximum absolute atomic E-state index is 10.7. The second kappa shape index (κ2) is 4.88. The molecule has 2 rings (SSSR count). The Kier molecular flexibility index (Phi) is 3.29. The van der Waals surface area contributed by atoms with Gasteiger partial charge in [-0.2, -0.15) is 0 Å². The number of aromatic nitrogens is 2. The van der Waals surface area contributed by atoms with Gasteiger partial charge in [0.2, 0.25) is 0 Å². The van der Waals surface area contributed by atoms with Crippen molar-refractivity contribution in [2.24, 2.45) is 0 Å². The first-order valence-corrected chi connectivity index (χ1v) is 5.78. The maximum Gasteiger partial charge on any atom is 0.277 e. The van der Waals surface area contributed by atoms with Gasteiger partial charge in [-0.1, -0.05) is 0 Å². The molecule has 0 saturated heterocycles. The van der Waals surface area contributed by atoms with E-state index in [1.165, 1.54) is 23.6 Å². The number of pyridine rings is 1. The van der Waals surface area contributed by atoms with Crippen molar-refractivity contribution in [3.63, 3.8) is 0 Å². The average Bonchev–Trinajstić information content (AvgIpc) is 2.80. The van der Waals surface area contributed by atoms with Crippen LogP contribution >= 0.6 is 11.3 Å². The molecule has 0 amide bonds. The van der Waals surface area contributed by atoms with Crippen LogP contribution in [0.25, 0.3) is 0 Å². The standard InChI is InChI=1S/C10H10N4O2S/c1-7-5-12-9(4-8(7)14(15)16)13-6-10-11-2-3-17-10/h2-5H,6H2,1H3,(H,12,13). The molecule has 6 nitrogen and oxygen atoms in total. The van der Waals surface area contributed by atoms with Gasteiger partial charge in [0.15, 0.2) is 0 Å². The quantitative estimate of drug-likeness (QED) is 0.665. The molecular formula is C10H10N4O2S. The van der Waals surface area contributed by atoms with Crippen LogP contribution in [0.4, 0.5) is 11.5 Å². The molecule has 0 bridgehead atoms. The van der Waals surface area contributed by atoms with Gasteiger partial charge in [0.25, 0.3) is 5.69 Å². The first-order chi connectivity index (χ1) is 8.16. The van der Waals surface area contributed by atoms with Crippen molar-refractivity contribution in [1.29, 1.82) is 0 Å². The second-order valence-corrected chi connectivity index (χ2v) is 4.37. The van der Waals surface area contributed by atoms with Crippen LogP contribution in [0.3, 0.4) is 0 Å². The zero-order chi connectivity index (χ0) is 12.3. The number of hydrogen-bond donors (Lipinski definition) is 1. The van der Waals surface area contributed by atoms with Gasteiger partial charge in [0.05, 0.1) is 17.5 Å². The SMILES string of the molecule is Cc1cnc(NCc2nccs2)cc1[N+](=O)[O-]. The topological polar surface area (TPSA) is 81.0 Å². The smallest absolute Gasteiger partial charge is 0.277 e. The number of aryl methyl sites for hydroxylation is 1. The Labute approximate surface area is 102 Å². The summed E-state index contributed by atoms with van der Waals surface area (Å²) in [7, 11) is 0. The van der Waals surface area contributed by atoms with Crippen LogP contribution in [0, 0.1) is 17.0 Å². The third-order valence-corrected chi connectivity index (χ3v) is 2.96. The molecule has 2 heterocycles. The van der Waals surface area contributed by atoms with E-state index in [0.717, 1.165) is 5.01 Å². The van der Waals surface area contributed by atoms with Gasteiger partial charge >= 0.3 is 0 Å². The van der Waals surface area contributed by atoms with Crippen molar-refractivity contribution in [2.45, 2.75) is 13.5 Å². The Morgan fingerprint density at radius 1 is 1.53 bits per heavy atom. The highest BCUT2D eigenvalue weighted by Crippen LogP contribution is 2.20. The molecule has 0 saturated carbocycles.